The number of nitrogens with two attached hydrogens (primary N) is 1. The highest BCUT2D eigenvalue weighted by atomic mass is 16.4. The molecule has 0 fully saturated rings. The second-order valence-corrected chi connectivity index (χ2v) is 4.14. The van der Waals surface area contributed by atoms with E-state index < -0.39 is 18.2 Å². The van der Waals surface area contributed by atoms with Crippen LogP contribution in [0.1, 0.15) is 12.8 Å². The third-order valence-electron chi connectivity index (χ3n) is 2.69. The van der Waals surface area contributed by atoms with Crippen molar-refractivity contribution in [1.82, 2.24) is 10.2 Å². The smallest absolute Gasteiger partial charge is 0.320 e. The van der Waals surface area contributed by atoms with E-state index in [2.05, 4.69) is 5.32 Å². The zero-order chi connectivity index (χ0) is 14.4. The largest absolute Gasteiger partial charge is 0.480 e. The fraction of sp³-hybridized carbons (Fsp3) is 0.545. The van der Waals surface area contributed by atoms with E-state index in [-0.39, 0.29) is 37.7 Å². The van der Waals surface area contributed by atoms with Crippen molar-refractivity contribution in [2.24, 2.45) is 5.73 Å². The van der Waals surface area contributed by atoms with Gasteiger partial charge in [-0.25, -0.2) is 0 Å². The van der Waals surface area contributed by atoms with E-state index in [1.165, 1.54) is 17.1 Å². The number of aliphatic hydroxyl groups excluding tert-OH is 1. The van der Waals surface area contributed by atoms with Crippen LogP contribution in [0.3, 0.4) is 0 Å². The Balaban J connectivity index is 2.17. The Morgan fingerprint density at radius 2 is 2.21 bits per heavy atom. The quantitative estimate of drug-likeness (QED) is 0.424. The number of nitrogens with one attached hydrogen (secondary N) is 1. The number of rotatable bonds is 7. The minimum atomic E-state index is -1.15. The molecule has 1 aliphatic rings. The average Bonchev–Trinajstić information content (AvgIpc) is 2.67. The van der Waals surface area contributed by atoms with Crippen LogP contribution in [-0.4, -0.2) is 58.3 Å². The van der Waals surface area contributed by atoms with Gasteiger partial charge in [0.1, 0.15) is 12.3 Å². The van der Waals surface area contributed by atoms with Gasteiger partial charge >= 0.3 is 5.97 Å². The molecule has 8 nitrogen and oxygen atoms in total. The molecule has 0 aromatic heterocycles. The number of carboxylic acids is 1. The molecule has 1 heterocycles. The molecule has 0 radical (unpaired) electrons. The number of hydrogen-bond donors (Lipinski definition) is 4. The summed E-state index contributed by atoms with van der Waals surface area (Å²) >= 11 is 0. The summed E-state index contributed by atoms with van der Waals surface area (Å²) in [6.45, 7) is 0.370. The maximum atomic E-state index is 11.4. The van der Waals surface area contributed by atoms with Gasteiger partial charge in [0.25, 0.3) is 0 Å². The number of amides is 2. The maximum Gasteiger partial charge on any atom is 0.320 e. The van der Waals surface area contributed by atoms with Crippen LogP contribution >= 0.6 is 0 Å². The van der Waals surface area contributed by atoms with Gasteiger partial charge in [0.05, 0.1) is 0 Å². The van der Waals surface area contributed by atoms with E-state index in [1.807, 2.05) is 0 Å². The Morgan fingerprint density at radius 1 is 1.53 bits per heavy atom. The van der Waals surface area contributed by atoms with E-state index in [0.29, 0.717) is 0 Å². The van der Waals surface area contributed by atoms with Crippen LogP contribution in [0.5, 0.6) is 0 Å². The fourth-order valence-corrected chi connectivity index (χ4v) is 1.56. The van der Waals surface area contributed by atoms with E-state index in [1.54, 1.807) is 0 Å². The lowest BCUT2D eigenvalue weighted by Crippen LogP contribution is -2.40. The molecule has 0 aromatic rings. The van der Waals surface area contributed by atoms with Crippen molar-refractivity contribution in [2.75, 3.05) is 13.1 Å². The highest BCUT2D eigenvalue weighted by Crippen LogP contribution is 2.06. The standard InChI is InChI=1S/C11H17N3O5/c12-7(11(18)19)1-2-8(15)13-5-6-14-9(16)3-4-10(14)17/h3-4,7,9,16H,1-2,5-6,12H2,(H,13,15)(H,18,19)/t7-,9?/m1/s1. The number of carbonyl (C=O) groups is 3. The first-order valence-electron chi connectivity index (χ1n) is 5.83. The summed E-state index contributed by atoms with van der Waals surface area (Å²) in [5.74, 6) is -1.80. The van der Waals surface area contributed by atoms with Gasteiger partial charge in [-0.2, -0.15) is 0 Å². The lowest BCUT2D eigenvalue weighted by molar-refractivity contribution is -0.139. The molecule has 0 aliphatic carbocycles. The number of carboxylic acid groups (broad SMARTS) is 1. The van der Waals surface area contributed by atoms with Crippen molar-refractivity contribution in [3.05, 3.63) is 12.2 Å². The van der Waals surface area contributed by atoms with Gasteiger partial charge in [-0.1, -0.05) is 0 Å². The number of aliphatic carboxylic acids is 1. The summed E-state index contributed by atoms with van der Waals surface area (Å²) in [5.41, 5.74) is 5.26. The topological polar surface area (TPSA) is 133 Å². The first kappa shape index (κ1) is 15.1. The monoisotopic (exact) mass is 271 g/mol. The van der Waals surface area contributed by atoms with Gasteiger partial charge in [0.15, 0.2) is 0 Å². The highest BCUT2D eigenvalue weighted by Gasteiger charge is 2.23. The van der Waals surface area contributed by atoms with Crippen molar-refractivity contribution in [3.8, 4) is 0 Å². The predicted octanol–water partition coefficient (Wildman–Crippen LogP) is -1.99. The van der Waals surface area contributed by atoms with Gasteiger partial charge in [-0.15, -0.1) is 0 Å². The van der Waals surface area contributed by atoms with Crippen LogP contribution in [0.15, 0.2) is 12.2 Å². The zero-order valence-electron chi connectivity index (χ0n) is 10.3. The Labute approximate surface area is 109 Å². The Morgan fingerprint density at radius 3 is 2.74 bits per heavy atom. The fourth-order valence-electron chi connectivity index (χ4n) is 1.56. The van der Waals surface area contributed by atoms with Crippen LogP contribution in [0.4, 0.5) is 0 Å². The van der Waals surface area contributed by atoms with Gasteiger partial charge < -0.3 is 26.2 Å². The van der Waals surface area contributed by atoms with Gasteiger partial charge in [0.2, 0.25) is 11.8 Å². The molecule has 8 heteroatoms. The SMILES string of the molecule is N[C@H](CCC(=O)NCCN1C(=O)C=CC1O)C(=O)O. The summed E-state index contributed by atoms with van der Waals surface area (Å²) in [6.07, 6.45) is 1.72. The van der Waals surface area contributed by atoms with E-state index in [9.17, 15) is 19.5 Å². The summed E-state index contributed by atoms with van der Waals surface area (Å²) < 4.78 is 0. The normalized spacial score (nSPS) is 19.6. The molecule has 19 heavy (non-hydrogen) atoms. The number of nitrogens with zero attached hydrogens (tertiary/aromatic N) is 1. The Hall–Kier alpha value is -1.93. The number of hydrogen-bond acceptors (Lipinski definition) is 5. The molecule has 0 saturated heterocycles. The summed E-state index contributed by atoms with van der Waals surface area (Å²) in [7, 11) is 0. The number of aliphatic hydroxyl groups is 1. The summed E-state index contributed by atoms with van der Waals surface area (Å²) in [6, 6.07) is -1.06. The highest BCUT2D eigenvalue weighted by molar-refractivity contribution is 5.90. The minimum absolute atomic E-state index is 0.00220. The molecule has 2 amide bonds. The maximum absolute atomic E-state index is 11.4. The third-order valence-corrected chi connectivity index (χ3v) is 2.69. The van der Waals surface area contributed by atoms with Crippen molar-refractivity contribution in [2.45, 2.75) is 25.1 Å². The minimum Gasteiger partial charge on any atom is -0.480 e. The lowest BCUT2D eigenvalue weighted by Gasteiger charge is -2.20. The van der Waals surface area contributed by atoms with Crippen molar-refractivity contribution < 1.29 is 24.6 Å². The first-order valence-corrected chi connectivity index (χ1v) is 5.83. The lowest BCUT2D eigenvalue weighted by atomic mass is 10.1. The van der Waals surface area contributed by atoms with Crippen molar-refractivity contribution >= 4 is 17.8 Å². The molecule has 0 bridgehead atoms. The molecule has 0 saturated carbocycles. The molecule has 106 valence electrons. The van der Waals surface area contributed by atoms with E-state index in [0.717, 1.165) is 0 Å². The number of carbonyl (C=O) groups excluding carboxylic acids is 2. The molecule has 1 unspecified atom stereocenters. The van der Waals surface area contributed by atoms with Crippen LogP contribution in [0.2, 0.25) is 0 Å². The van der Waals surface area contributed by atoms with Crippen molar-refractivity contribution in [1.29, 1.82) is 0 Å². The van der Waals surface area contributed by atoms with Crippen LogP contribution in [0, 0.1) is 0 Å². The molecule has 0 spiro atoms. The second kappa shape index (κ2) is 6.86. The van der Waals surface area contributed by atoms with Gasteiger partial charge in [-0.3, -0.25) is 14.4 Å². The zero-order valence-corrected chi connectivity index (χ0v) is 10.3. The van der Waals surface area contributed by atoms with E-state index >= 15 is 0 Å². The molecule has 1 aliphatic heterocycles. The molecule has 1 rings (SSSR count). The third kappa shape index (κ3) is 4.68. The summed E-state index contributed by atoms with van der Waals surface area (Å²) in [4.78, 5) is 34.2. The summed E-state index contributed by atoms with van der Waals surface area (Å²) in [5, 5.41) is 20.4. The van der Waals surface area contributed by atoms with Crippen LogP contribution in [0.25, 0.3) is 0 Å². The molecular formula is C11H17N3O5. The van der Waals surface area contributed by atoms with Gasteiger partial charge in [-0.05, 0) is 12.5 Å². The molecule has 5 N–H and O–H groups in total. The van der Waals surface area contributed by atoms with Crippen molar-refractivity contribution in [3.63, 3.8) is 0 Å². The Bertz CT molecular complexity index is 396. The second-order valence-electron chi connectivity index (χ2n) is 4.14. The average molecular weight is 271 g/mol. The van der Waals surface area contributed by atoms with Gasteiger partial charge in [0, 0.05) is 25.6 Å². The Kier molecular flexibility index (Phi) is 5.46. The van der Waals surface area contributed by atoms with Crippen LogP contribution in [-0.2, 0) is 14.4 Å². The van der Waals surface area contributed by atoms with Crippen LogP contribution < -0.4 is 11.1 Å². The molecular weight excluding hydrogens is 254 g/mol. The van der Waals surface area contributed by atoms with E-state index in [4.69, 9.17) is 10.8 Å². The molecule has 0 aromatic carbocycles. The predicted molar refractivity (Wildman–Crippen MR) is 64.7 cm³/mol. The molecule has 2 atom stereocenters. The first-order chi connectivity index (χ1) is 8.91.